The molecule has 1 saturated heterocycles. The molecule has 6 nitrogen and oxygen atoms in total. The van der Waals surface area contributed by atoms with Crippen molar-refractivity contribution in [1.82, 2.24) is 9.88 Å². The van der Waals surface area contributed by atoms with E-state index in [1.54, 1.807) is 19.1 Å². The van der Waals surface area contributed by atoms with Gasteiger partial charge in [-0.15, -0.1) is 0 Å². The predicted octanol–water partition coefficient (Wildman–Crippen LogP) is 2.17. The van der Waals surface area contributed by atoms with Crippen LogP contribution in [-0.2, 0) is 4.74 Å². The molecule has 1 aliphatic heterocycles. The number of aromatic nitrogens is 1. The SMILES string of the molecule is COc1ccc(OC)c(-c2c[nH]c(C(=O)N3CCOCC3)c2)c1. The van der Waals surface area contributed by atoms with E-state index >= 15 is 0 Å². The molecule has 1 fully saturated rings. The number of carbonyl (C=O) groups is 1. The molecular weight excluding hydrogens is 296 g/mol. The maximum Gasteiger partial charge on any atom is 0.270 e. The van der Waals surface area contributed by atoms with Crippen LogP contribution in [-0.4, -0.2) is 56.3 Å². The molecule has 1 aliphatic rings. The summed E-state index contributed by atoms with van der Waals surface area (Å²) in [6.45, 7) is 2.41. The van der Waals surface area contributed by atoms with Crippen LogP contribution in [0.1, 0.15) is 10.5 Å². The van der Waals surface area contributed by atoms with Gasteiger partial charge in [-0.25, -0.2) is 0 Å². The predicted molar refractivity (Wildman–Crippen MR) is 86.1 cm³/mol. The zero-order valence-corrected chi connectivity index (χ0v) is 13.3. The van der Waals surface area contributed by atoms with Crippen LogP contribution in [0.4, 0.5) is 0 Å². The fraction of sp³-hybridized carbons (Fsp3) is 0.353. The van der Waals surface area contributed by atoms with Crippen molar-refractivity contribution in [2.45, 2.75) is 0 Å². The Morgan fingerprint density at radius 1 is 1.17 bits per heavy atom. The van der Waals surface area contributed by atoms with Gasteiger partial charge < -0.3 is 24.1 Å². The average Bonchev–Trinajstić information content (AvgIpc) is 3.11. The Hall–Kier alpha value is -2.47. The lowest BCUT2D eigenvalue weighted by molar-refractivity contribution is 0.0299. The van der Waals surface area contributed by atoms with Gasteiger partial charge in [-0.3, -0.25) is 4.79 Å². The molecule has 3 rings (SSSR count). The Balaban J connectivity index is 1.88. The largest absolute Gasteiger partial charge is 0.497 e. The van der Waals surface area contributed by atoms with Crippen molar-refractivity contribution in [3.63, 3.8) is 0 Å². The summed E-state index contributed by atoms with van der Waals surface area (Å²) in [7, 11) is 3.24. The summed E-state index contributed by atoms with van der Waals surface area (Å²) in [5, 5.41) is 0. The molecule has 1 amide bonds. The molecule has 0 radical (unpaired) electrons. The number of methoxy groups -OCH3 is 2. The Bertz CT molecular complexity index is 690. The molecule has 122 valence electrons. The van der Waals surface area contributed by atoms with Crippen LogP contribution in [0, 0.1) is 0 Å². The monoisotopic (exact) mass is 316 g/mol. The zero-order chi connectivity index (χ0) is 16.2. The lowest BCUT2D eigenvalue weighted by Gasteiger charge is -2.26. The topological polar surface area (TPSA) is 63.8 Å². The van der Waals surface area contributed by atoms with E-state index in [1.807, 2.05) is 30.5 Å². The molecular formula is C17H20N2O4. The van der Waals surface area contributed by atoms with E-state index in [2.05, 4.69) is 4.98 Å². The lowest BCUT2D eigenvalue weighted by atomic mass is 10.1. The second kappa shape index (κ2) is 6.75. The number of benzene rings is 1. The maximum absolute atomic E-state index is 12.5. The third kappa shape index (κ3) is 3.17. The second-order valence-electron chi connectivity index (χ2n) is 5.27. The van der Waals surface area contributed by atoms with E-state index in [9.17, 15) is 4.79 Å². The van der Waals surface area contributed by atoms with Crippen molar-refractivity contribution in [2.75, 3.05) is 40.5 Å². The highest BCUT2D eigenvalue weighted by Gasteiger charge is 2.20. The van der Waals surface area contributed by atoms with Gasteiger partial charge in [-0.2, -0.15) is 0 Å². The number of morpholine rings is 1. The molecule has 0 saturated carbocycles. The molecule has 6 heteroatoms. The van der Waals surface area contributed by atoms with E-state index in [4.69, 9.17) is 14.2 Å². The van der Waals surface area contributed by atoms with Crippen LogP contribution in [0.2, 0.25) is 0 Å². The van der Waals surface area contributed by atoms with Gasteiger partial charge in [0.05, 0.1) is 27.4 Å². The first-order chi connectivity index (χ1) is 11.2. The van der Waals surface area contributed by atoms with Crippen LogP contribution in [0.3, 0.4) is 0 Å². The van der Waals surface area contributed by atoms with E-state index in [-0.39, 0.29) is 5.91 Å². The van der Waals surface area contributed by atoms with Gasteiger partial charge >= 0.3 is 0 Å². The van der Waals surface area contributed by atoms with Crippen LogP contribution < -0.4 is 9.47 Å². The molecule has 1 N–H and O–H groups in total. The number of carbonyl (C=O) groups excluding carboxylic acids is 1. The number of nitrogens with one attached hydrogen (secondary N) is 1. The quantitative estimate of drug-likeness (QED) is 0.939. The van der Waals surface area contributed by atoms with Crippen molar-refractivity contribution in [3.05, 3.63) is 36.2 Å². The smallest absolute Gasteiger partial charge is 0.270 e. The van der Waals surface area contributed by atoms with Crippen molar-refractivity contribution in [1.29, 1.82) is 0 Å². The highest BCUT2D eigenvalue weighted by molar-refractivity contribution is 5.94. The van der Waals surface area contributed by atoms with Crippen LogP contribution in [0.15, 0.2) is 30.5 Å². The van der Waals surface area contributed by atoms with Crippen LogP contribution >= 0.6 is 0 Å². The Labute approximate surface area is 135 Å². The molecule has 2 heterocycles. The summed E-state index contributed by atoms with van der Waals surface area (Å²) in [5.41, 5.74) is 2.33. The Morgan fingerprint density at radius 2 is 1.96 bits per heavy atom. The minimum Gasteiger partial charge on any atom is -0.497 e. The van der Waals surface area contributed by atoms with Crippen molar-refractivity contribution in [3.8, 4) is 22.6 Å². The van der Waals surface area contributed by atoms with Gasteiger partial charge in [0.15, 0.2) is 0 Å². The number of amides is 1. The minimum absolute atomic E-state index is 0.0126. The molecule has 0 bridgehead atoms. The number of ether oxygens (including phenoxy) is 3. The first-order valence-electron chi connectivity index (χ1n) is 7.51. The van der Waals surface area contributed by atoms with Crippen LogP contribution in [0.5, 0.6) is 11.5 Å². The van der Waals surface area contributed by atoms with Crippen LogP contribution in [0.25, 0.3) is 11.1 Å². The minimum atomic E-state index is -0.0126. The van der Waals surface area contributed by atoms with Gasteiger partial charge in [0.25, 0.3) is 5.91 Å². The van der Waals surface area contributed by atoms with Gasteiger partial charge in [0.2, 0.25) is 0 Å². The third-order valence-corrected chi connectivity index (χ3v) is 3.93. The summed E-state index contributed by atoms with van der Waals surface area (Å²) in [4.78, 5) is 17.4. The number of hydrogen-bond donors (Lipinski definition) is 1. The number of hydrogen-bond acceptors (Lipinski definition) is 4. The highest BCUT2D eigenvalue weighted by atomic mass is 16.5. The van der Waals surface area contributed by atoms with Crippen molar-refractivity contribution in [2.24, 2.45) is 0 Å². The number of H-pyrrole nitrogens is 1. The van der Waals surface area contributed by atoms with E-state index in [1.165, 1.54) is 0 Å². The summed E-state index contributed by atoms with van der Waals surface area (Å²) in [6, 6.07) is 7.43. The van der Waals surface area contributed by atoms with Gasteiger partial charge in [0, 0.05) is 30.4 Å². The van der Waals surface area contributed by atoms with Gasteiger partial charge in [-0.05, 0) is 24.3 Å². The molecule has 0 unspecified atom stereocenters. The fourth-order valence-electron chi connectivity index (χ4n) is 2.65. The molecule has 0 spiro atoms. The molecule has 1 aromatic carbocycles. The third-order valence-electron chi connectivity index (χ3n) is 3.93. The van der Waals surface area contributed by atoms with Gasteiger partial charge in [-0.1, -0.05) is 0 Å². The Morgan fingerprint density at radius 3 is 2.65 bits per heavy atom. The van der Waals surface area contributed by atoms with Crippen molar-refractivity contribution >= 4 is 5.91 Å². The molecule has 23 heavy (non-hydrogen) atoms. The summed E-state index contributed by atoms with van der Waals surface area (Å²) in [6.07, 6.45) is 1.81. The zero-order valence-electron chi connectivity index (χ0n) is 13.3. The first kappa shape index (κ1) is 15.4. The summed E-state index contributed by atoms with van der Waals surface area (Å²) < 4.78 is 16.0. The molecule has 0 atom stereocenters. The normalized spacial score (nSPS) is 14.6. The van der Waals surface area contributed by atoms with E-state index < -0.39 is 0 Å². The maximum atomic E-state index is 12.5. The van der Waals surface area contributed by atoms with Crippen molar-refractivity contribution < 1.29 is 19.0 Å². The average molecular weight is 316 g/mol. The fourth-order valence-corrected chi connectivity index (χ4v) is 2.65. The Kier molecular flexibility index (Phi) is 4.52. The van der Waals surface area contributed by atoms with E-state index in [0.717, 1.165) is 22.6 Å². The second-order valence-corrected chi connectivity index (χ2v) is 5.27. The molecule has 1 aromatic heterocycles. The van der Waals surface area contributed by atoms with E-state index in [0.29, 0.717) is 32.0 Å². The number of nitrogens with zero attached hydrogens (tertiary/aromatic N) is 1. The molecule has 2 aromatic rings. The standard InChI is InChI=1S/C17H20N2O4/c1-21-13-3-4-16(22-2)14(10-13)12-9-15(18-11-12)17(20)19-5-7-23-8-6-19/h3-4,9-11,18H,5-8H2,1-2H3. The summed E-state index contributed by atoms with van der Waals surface area (Å²) >= 11 is 0. The number of aromatic amines is 1. The molecule has 0 aliphatic carbocycles. The first-order valence-corrected chi connectivity index (χ1v) is 7.51. The lowest BCUT2D eigenvalue weighted by Crippen LogP contribution is -2.40. The summed E-state index contributed by atoms with van der Waals surface area (Å²) in [5.74, 6) is 1.46. The highest BCUT2D eigenvalue weighted by Crippen LogP contribution is 2.33. The number of rotatable bonds is 4. The van der Waals surface area contributed by atoms with Gasteiger partial charge in [0.1, 0.15) is 17.2 Å².